The molecule has 2 heterocycles. The summed E-state index contributed by atoms with van der Waals surface area (Å²) in [6.45, 7) is 0.477. The fourth-order valence-corrected chi connectivity index (χ4v) is 3.99. The highest BCUT2D eigenvalue weighted by Gasteiger charge is 2.34. The zero-order valence-electron chi connectivity index (χ0n) is 14.6. The number of imidazole rings is 1. The molecule has 1 saturated heterocycles. The Bertz CT molecular complexity index is 1120. The summed E-state index contributed by atoms with van der Waals surface area (Å²) in [4.78, 5) is 43.9. The molecule has 3 N–H and O–H groups in total. The number of aromatic amines is 2. The zero-order valence-corrected chi connectivity index (χ0v) is 16.1. The number of anilines is 1. The van der Waals surface area contributed by atoms with Gasteiger partial charge in [0, 0.05) is 27.8 Å². The summed E-state index contributed by atoms with van der Waals surface area (Å²) in [5.41, 5.74) is 1.82. The number of carbonyl (C=O) groups is 2. The van der Waals surface area contributed by atoms with Crippen molar-refractivity contribution in [3.63, 3.8) is 0 Å². The van der Waals surface area contributed by atoms with Gasteiger partial charge >= 0.3 is 5.69 Å². The molecule has 144 valence electrons. The van der Waals surface area contributed by atoms with E-state index in [2.05, 4.69) is 15.3 Å². The lowest BCUT2D eigenvalue weighted by atomic mass is 10.1. The number of nitrogens with zero attached hydrogens (tertiary/aromatic N) is 1. The molecule has 0 spiro atoms. The topological polar surface area (TPSA) is 98.1 Å². The third kappa shape index (κ3) is 3.63. The summed E-state index contributed by atoms with van der Waals surface area (Å²) >= 11 is 12.0. The van der Waals surface area contributed by atoms with E-state index in [4.69, 9.17) is 23.2 Å². The van der Waals surface area contributed by atoms with Gasteiger partial charge in [0.25, 0.3) is 5.91 Å². The largest absolute Gasteiger partial charge is 0.327 e. The third-order valence-electron chi connectivity index (χ3n) is 4.71. The van der Waals surface area contributed by atoms with Gasteiger partial charge in [-0.3, -0.25) is 9.59 Å². The molecule has 0 unspecified atom stereocenters. The Hall–Kier alpha value is -2.77. The molecule has 1 aromatic heterocycles. The van der Waals surface area contributed by atoms with Crippen molar-refractivity contribution >= 4 is 51.7 Å². The van der Waals surface area contributed by atoms with Gasteiger partial charge in [0.1, 0.15) is 6.04 Å². The number of halogens is 2. The molecule has 1 aliphatic heterocycles. The second-order valence-electron chi connectivity index (χ2n) is 6.64. The van der Waals surface area contributed by atoms with Gasteiger partial charge in [-0.25, -0.2) is 4.79 Å². The average molecular weight is 419 g/mol. The first-order valence-electron chi connectivity index (χ1n) is 8.71. The number of hydrogen-bond donors (Lipinski definition) is 3. The second kappa shape index (κ2) is 7.33. The van der Waals surface area contributed by atoms with Crippen LogP contribution >= 0.6 is 23.2 Å². The predicted octanol–water partition coefficient (Wildman–Crippen LogP) is 3.41. The van der Waals surface area contributed by atoms with E-state index in [0.29, 0.717) is 45.3 Å². The summed E-state index contributed by atoms with van der Waals surface area (Å²) in [5.74, 6) is -0.566. The first-order valence-corrected chi connectivity index (χ1v) is 9.46. The molecule has 2 aromatic carbocycles. The molecule has 28 heavy (non-hydrogen) atoms. The fraction of sp³-hybridized carbons (Fsp3) is 0.211. The van der Waals surface area contributed by atoms with Gasteiger partial charge in [0.05, 0.1) is 11.0 Å². The van der Waals surface area contributed by atoms with E-state index >= 15 is 0 Å². The monoisotopic (exact) mass is 418 g/mol. The summed E-state index contributed by atoms with van der Waals surface area (Å²) in [6, 6.07) is 9.11. The quantitative estimate of drug-likeness (QED) is 0.607. The smallest absolute Gasteiger partial charge is 0.323 e. The number of nitrogens with one attached hydrogen (secondary N) is 3. The number of H-pyrrole nitrogens is 2. The van der Waals surface area contributed by atoms with Crippen LogP contribution in [0, 0.1) is 0 Å². The van der Waals surface area contributed by atoms with Crippen LogP contribution in [0.5, 0.6) is 0 Å². The number of fused-ring (bicyclic) bond motifs is 1. The summed E-state index contributed by atoms with van der Waals surface area (Å²) in [7, 11) is 0. The lowest BCUT2D eigenvalue weighted by Gasteiger charge is -2.24. The van der Waals surface area contributed by atoms with Crippen molar-refractivity contribution < 1.29 is 9.59 Å². The van der Waals surface area contributed by atoms with E-state index in [1.807, 2.05) is 0 Å². The van der Waals surface area contributed by atoms with E-state index in [-0.39, 0.29) is 17.5 Å². The fourth-order valence-electron chi connectivity index (χ4n) is 3.46. The van der Waals surface area contributed by atoms with Crippen LogP contribution in [0.25, 0.3) is 11.0 Å². The van der Waals surface area contributed by atoms with Gasteiger partial charge in [0.15, 0.2) is 0 Å². The molecular formula is C19H16Cl2N4O3. The summed E-state index contributed by atoms with van der Waals surface area (Å²) in [5, 5.41) is 3.55. The highest BCUT2D eigenvalue weighted by atomic mass is 35.5. The Labute approximate surface area is 169 Å². The normalized spacial score (nSPS) is 16.5. The first-order chi connectivity index (χ1) is 13.4. The molecule has 0 aliphatic carbocycles. The van der Waals surface area contributed by atoms with E-state index in [0.717, 1.165) is 6.42 Å². The molecule has 1 atom stereocenters. The maximum atomic E-state index is 12.9. The highest BCUT2D eigenvalue weighted by molar-refractivity contribution is 6.35. The van der Waals surface area contributed by atoms with Gasteiger partial charge in [-0.2, -0.15) is 0 Å². The number of benzene rings is 2. The summed E-state index contributed by atoms with van der Waals surface area (Å²) < 4.78 is 0. The average Bonchev–Trinajstić information content (AvgIpc) is 3.25. The minimum Gasteiger partial charge on any atom is -0.327 e. The lowest BCUT2D eigenvalue weighted by Crippen LogP contribution is -2.43. The standard InChI is InChI=1S/C19H16Cl2N4O3/c20-11-6-10(7-12(21)8-11)18(27)25-5-1-2-16(25)17(26)22-13-3-4-14-15(9-13)24-19(28)23-14/h3-4,6-9,16H,1-2,5H2,(H,22,26)(H2,23,24,28)/t16-/m0/s1. The van der Waals surface area contributed by atoms with E-state index in [1.165, 1.54) is 4.90 Å². The maximum absolute atomic E-state index is 12.9. The van der Waals surface area contributed by atoms with Crippen molar-refractivity contribution in [2.75, 3.05) is 11.9 Å². The number of hydrogen-bond acceptors (Lipinski definition) is 3. The Morgan fingerprint density at radius 1 is 1.04 bits per heavy atom. The van der Waals surface area contributed by atoms with Crippen molar-refractivity contribution in [1.82, 2.24) is 14.9 Å². The van der Waals surface area contributed by atoms with Gasteiger partial charge in [-0.15, -0.1) is 0 Å². The van der Waals surface area contributed by atoms with Crippen LogP contribution in [0.4, 0.5) is 5.69 Å². The summed E-state index contributed by atoms with van der Waals surface area (Å²) in [6.07, 6.45) is 1.29. The molecule has 2 amide bonds. The minimum atomic E-state index is -0.591. The van der Waals surface area contributed by atoms with E-state index in [9.17, 15) is 14.4 Å². The Morgan fingerprint density at radius 3 is 2.50 bits per heavy atom. The number of amides is 2. The van der Waals surface area contributed by atoms with Crippen LogP contribution in [0.3, 0.4) is 0 Å². The number of likely N-dealkylation sites (tertiary alicyclic amines) is 1. The molecule has 9 heteroatoms. The third-order valence-corrected chi connectivity index (χ3v) is 5.15. The molecule has 0 radical (unpaired) electrons. The van der Waals surface area contributed by atoms with Crippen LogP contribution in [-0.4, -0.2) is 39.3 Å². The molecule has 7 nitrogen and oxygen atoms in total. The van der Waals surface area contributed by atoms with Crippen LogP contribution < -0.4 is 11.0 Å². The van der Waals surface area contributed by atoms with Crippen molar-refractivity contribution in [3.05, 3.63) is 62.5 Å². The van der Waals surface area contributed by atoms with Crippen LogP contribution in [0.15, 0.2) is 41.2 Å². The molecule has 0 bridgehead atoms. The molecule has 1 aliphatic rings. The Kier molecular flexibility index (Phi) is 4.87. The van der Waals surface area contributed by atoms with Crippen LogP contribution in [-0.2, 0) is 4.79 Å². The van der Waals surface area contributed by atoms with Gasteiger partial charge < -0.3 is 20.2 Å². The first kappa shape index (κ1) is 18.6. The van der Waals surface area contributed by atoms with Crippen molar-refractivity contribution in [3.8, 4) is 0 Å². The minimum absolute atomic E-state index is 0.281. The molecule has 3 aromatic rings. The van der Waals surface area contributed by atoms with Crippen LogP contribution in [0.2, 0.25) is 10.0 Å². The van der Waals surface area contributed by atoms with Crippen molar-refractivity contribution in [2.24, 2.45) is 0 Å². The number of carbonyl (C=O) groups excluding carboxylic acids is 2. The van der Waals surface area contributed by atoms with Crippen molar-refractivity contribution in [2.45, 2.75) is 18.9 Å². The number of aromatic nitrogens is 2. The predicted molar refractivity (Wildman–Crippen MR) is 108 cm³/mol. The van der Waals surface area contributed by atoms with E-state index < -0.39 is 6.04 Å². The van der Waals surface area contributed by atoms with Crippen LogP contribution in [0.1, 0.15) is 23.2 Å². The SMILES string of the molecule is O=C(Nc1ccc2[nH]c(=O)[nH]c2c1)[C@@H]1CCCN1C(=O)c1cc(Cl)cc(Cl)c1. The molecule has 0 saturated carbocycles. The molecular weight excluding hydrogens is 403 g/mol. The van der Waals surface area contributed by atoms with Gasteiger partial charge in [-0.1, -0.05) is 23.2 Å². The Balaban J connectivity index is 1.53. The lowest BCUT2D eigenvalue weighted by molar-refractivity contribution is -0.119. The molecule has 1 fully saturated rings. The van der Waals surface area contributed by atoms with Crippen molar-refractivity contribution in [1.29, 1.82) is 0 Å². The van der Waals surface area contributed by atoms with Gasteiger partial charge in [-0.05, 0) is 49.2 Å². The zero-order chi connectivity index (χ0) is 19.8. The van der Waals surface area contributed by atoms with Gasteiger partial charge in [0.2, 0.25) is 5.91 Å². The second-order valence-corrected chi connectivity index (χ2v) is 7.52. The molecule has 4 rings (SSSR count). The Morgan fingerprint density at radius 2 is 1.75 bits per heavy atom. The van der Waals surface area contributed by atoms with E-state index in [1.54, 1.807) is 36.4 Å². The maximum Gasteiger partial charge on any atom is 0.323 e. The number of rotatable bonds is 3. The highest BCUT2D eigenvalue weighted by Crippen LogP contribution is 2.25.